The molecular formula is C10H10O4S. The minimum atomic E-state index is -4.24. The first-order valence-corrected chi connectivity index (χ1v) is 5.60. The van der Waals surface area contributed by atoms with Gasteiger partial charge in [-0.1, -0.05) is 24.3 Å². The summed E-state index contributed by atoms with van der Waals surface area (Å²) < 4.78 is 30.8. The first-order valence-electron chi connectivity index (χ1n) is 4.16. The first-order chi connectivity index (χ1) is 6.91. The van der Waals surface area contributed by atoms with Crippen molar-refractivity contribution in [2.45, 2.75) is 11.8 Å². The second-order valence-electron chi connectivity index (χ2n) is 2.96. The summed E-state index contributed by atoms with van der Waals surface area (Å²) in [5.74, 6) is -0.194. The monoisotopic (exact) mass is 226 g/mol. The lowest BCUT2D eigenvalue weighted by molar-refractivity contribution is -0.112. The van der Waals surface area contributed by atoms with E-state index in [-0.39, 0.29) is 16.2 Å². The summed E-state index contributed by atoms with van der Waals surface area (Å²) in [6, 6.07) is 5.89. The van der Waals surface area contributed by atoms with E-state index >= 15 is 0 Å². The third-order valence-electron chi connectivity index (χ3n) is 1.69. The largest absolute Gasteiger partial charge is 0.295 e. The number of ketones is 1. The van der Waals surface area contributed by atoms with Gasteiger partial charge >= 0.3 is 0 Å². The molecule has 15 heavy (non-hydrogen) atoms. The molecular weight excluding hydrogens is 216 g/mol. The molecule has 4 nitrogen and oxygen atoms in total. The van der Waals surface area contributed by atoms with Crippen LogP contribution in [0.2, 0.25) is 0 Å². The molecule has 1 aromatic rings. The zero-order valence-electron chi connectivity index (χ0n) is 8.04. The van der Waals surface area contributed by atoms with Crippen molar-refractivity contribution >= 4 is 22.0 Å². The van der Waals surface area contributed by atoms with Crippen LogP contribution in [-0.2, 0) is 14.9 Å². The van der Waals surface area contributed by atoms with Crippen molar-refractivity contribution in [2.24, 2.45) is 0 Å². The molecule has 0 fully saturated rings. The van der Waals surface area contributed by atoms with Crippen molar-refractivity contribution in [3.63, 3.8) is 0 Å². The van der Waals surface area contributed by atoms with Gasteiger partial charge in [0.05, 0.1) is 0 Å². The van der Waals surface area contributed by atoms with Gasteiger partial charge in [-0.15, -0.1) is 0 Å². The molecule has 0 spiro atoms. The van der Waals surface area contributed by atoms with Gasteiger partial charge in [-0.25, -0.2) is 0 Å². The van der Waals surface area contributed by atoms with E-state index in [1.54, 1.807) is 6.07 Å². The number of carbonyl (C=O) groups excluding carboxylic acids is 1. The average molecular weight is 226 g/mol. The van der Waals surface area contributed by atoms with Crippen molar-refractivity contribution in [1.82, 2.24) is 0 Å². The van der Waals surface area contributed by atoms with Gasteiger partial charge in [0.25, 0.3) is 10.1 Å². The molecule has 0 aromatic heterocycles. The van der Waals surface area contributed by atoms with Crippen molar-refractivity contribution < 1.29 is 17.8 Å². The van der Waals surface area contributed by atoms with E-state index in [2.05, 4.69) is 0 Å². The maximum absolute atomic E-state index is 10.9. The molecule has 0 atom stereocenters. The van der Waals surface area contributed by atoms with Crippen LogP contribution in [0.3, 0.4) is 0 Å². The van der Waals surface area contributed by atoms with Gasteiger partial charge in [0.2, 0.25) is 0 Å². The van der Waals surface area contributed by atoms with Crippen LogP contribution < -0.4 is 0 Å². The average Bonchev–Trinajstić information content (AvgIpc) is 2.13. The number of hydrogen-bond donors (Lipinski definition) is 1. The van der Waals surface area contributed by atoms with E-state index in [1.807, 2.05) is 0 Å². The van der Waals surface area contributed by atoms with E-state index in [0.717, 1.165) is 0 Å². The number of allylic oxidation sites excluding steroid dienone is 1. The lowest BCUT2D eigenvalue weighted by Crippen LogP contribution is -2.00. The second kappa shape index (κ2) is 4.37. The van der Waals surface area contributed by atoms with Crippen molar-refractivity contribution in [3.05, 3.63) is 35.9 Å². The van der Waals surface area contributed by atoms with Gasteiger partial charge in [0.1, 0.15) is 4.90 Å². The molecule has 1 N–H and O–H groups in total. The molecule has 0 radical (unpaired) electrons. The molecule has 80 valence electrons. The maximum Gasteiger partial charge on any atom is 0.295 e. The highest BCUT2D eigenvalue weighted by Gasteiger charge is 2.12. The molecule has 1 aromatic carbocycles. The quantitative estimate of drug-likeness (QED) is 0.626. The predicted octanol–water partition coefficient (Wildman–Crippen LogP) is 1.54. The summed E-state index contributed by atoms with van der Waals surface area (Å²) in [6.07, 6.45) is 2.59. The Morgan fingerprint density at radius 1 is 1.33 bits per heavy atom. The highest BCUT2D eigenvalue weighted by molar-refractivity contribution is 7.85. The smallest absolute Gasteiger partial charge is 0.295 e. The summed E-state index contributed by atoms with van der Waals surface area (Å²) in [7, 11) is -4.24. The van der Waals surface area contributed by atoms with Crippen molar-refractivity contribution in [3.8, 4) is 0 Å². The standard InChI is InChI=1S/C10H10O4S/c1-8(11)6-7-9-4-2-3-5-10(9)15(12,13)14/h2-7H,1H3,(H,12,13,14). The Morgan fingerprint density at radius 2 is 1.93 bits per heavy atom. The fourth-order valence-electron chi connectivity index (χ4n) is 1.06. The molecule has 0 saturated heterocycles. The Kier molecular flexibility index (Phi) is 3.39. The number of rotatable bonds is 3. The fraction of sp³-hybridized carbons (Fsp3) is 0.100. The van der Waals surface area contributed by atoms with Crippen LogP contribution >= 0.6 is 0 Å². The summed E-state index contributed by atoms with van der Waals surface area (Å²) in [6.45, 7) is 1.35. The second-order valence-corrected chi connectivity index (χ2v) is 4.35. The lowest BCUT2D eigenvalue weighted by atomic mass is 10.2. The Balaban J connectivity index is 3.25. The molecule has 0 unspecified atom stereocenters. The van der Waals surface area contributed by atoms with Crippen molar-refractivity contribution in [1.29, 1.82) is 0 Å². The highest BCUT2D eigenvalue weighted by atomic mass is 32.2. The van der Waals surface area contributed by atoms with Crippen molar-refractivity contribution in [2.75, 3.05) is 0 Å². The van der Waals surface area contributed by atoms with Crippen LogP contribution in [0.15, 0.2) is 35.2 Å². The molecule has 5 heteroatoms. The Labute approximate surface area is 88.0 Å². The minimum Gasteiger partial charge on any atom is -0.295 e. The van der Waals surface area contributed by atoms with Gasteiger partial charge in [0, 0.05) is 0 Å². The van der Waals surface area contributed by atoms with Gasteiger partial charge in [-0.2, -0.15) is 8.42 Å². The normalized spacial score (nSPS) is 11.9. The number of hydrogen-bond acceptors (Lipinski definition) is 3. The van der Waals surface area contributed by atoms with E-state index in [4.69, 9.17) is 4.55 Å². The summed E-state index contributed by atoms with van der Waals surface area (Å²) in [5.41, 5.74) is 0.287. The summed E-state index contributed by atoms with van der Waals surface area (Å²) in [5, 5.41) is 0. The van der Waals surface area contributed by atoms with E-state index in [1.165, 1.54) is 37.3 Å². The molecule has 0 saturated carbocycles. The number of benzene rings is 1. The van der Waals surface area contributed by atoms with E-state index < -0.39 is 10.1 Å². The third kappa shape index (κ3) is 3.30. The zero-order chi connectivity index (χ0) is 11.5. The number of carbonyl (C=O) groups is 1. The Bertz CT molecular complexity index is 500. The molecule has 0 aliphatic rings. The van der Waals surface area contributed by atoms with Crippen LogP contribution in [0.5, 0.6) is 0 Å². The molecule has 0 amide bonds. The van der Waals surface area contributed by atoms with Crippen LogP contribution in [0.4, 0.5) is 0 Å². The SMILES string of the molecule is CC(=O)C=Cc1ccccc1S(=O)(=O)O. The van der Waals surface area contributed by atoms with Crippen LogP contribution in [0.1, 0.15) is 12.5 Å². The van der Waals surface area contributed by atoms with E-state index in [0.29, 0.717) is 0 Å². The minimum absolute atomic E-state index is 0.194. The third-order valence-corrected chi connectivity index (χ3v) is 2.62. The highest BCUT2D eigenvalue weighted by Crippen LogP contribution is 2.16. The Hall–Kier alpha value is -1.46. The van der Waals surface area contributed by atoms with Gasteiger partial charge in [-0.3, -0.25) is 9.35 Å². The topological polar surface area (TPSA) is 71.4 Å². The van der Waals surface area contributed by atoms with Gasteiger partial charge < -0.3 is 0 Å². The maximum atomic E-state index is 10.9. The summed E-state index contributed by atoms with van der Waals surface area (Å²) >= 11 is 0. The molecule has 0 aliphatic heterocycles. The molecule has 0 aliphatic carbocycles. The summed E-state index contributed by atoms with van der Waals surface area (Å²) in [4.78, 5) is 10.5. The van der Waals surface area contributed by atoms with Crippen LogP contribution in [-0.4, -0.2) is 18.8 Å². The molecule has 1 rings (SSSR count). The predicted molar refractivity (Wildman–Crippen MR) is 56.0 cm³/mol. The van der Waals surface area contributed by atoms with Gasteiger partial charge in [0.15, 0.2) is 5.78 Å². The first kappa shape index (κ1) is 11.6. The van der Waals surface area contributed by atoms with Gasteiger partial charge in [-0.05, 0) is 24.6 Å². The Morgan fingerprint density at radius 3 is 2.47 bits per heavy atom. The zero-order valence-corrected chi connectivity index (χ0v) is 8.86. The van der Waals surface area contributed by atoms with Crippen LogP contribution in [0, 0.1) is 0 Å². The molecule has 0 heterocycles. The fourth-order valence-corrected chi connectivity index (χ4v) is 1.74. The van der Waals surface area contributed by atoms with E-state index in [9.17, 15) is 13.2 Å². The molecule has 0 bridgehead atoms. The van der Waals surface area contributed by atoms with Crippen LogP contribution in [0.25, 0.3) is 6.08 Å². The lowest BCUT2D eigenvalue weighted by Gasteiger charge is -2.00.